The molecule has 170 valence electrons. The maximum atomic E-state index is 12.3. The van der Waals surface area contributed by atoms with E-state index in [-0.39, 0.29) is 24.4 Å². The second kappa shape index (κ2) is 15.6. The van der Waals surface area contributed by atoms with Gasteiger partial charge < -0.3 is 24.0 Å². The summed E-state index contributed by atoms with van der Waals surface area (Å²) < 4.78 is 17.2. The maximum absolute atomic E-state index is 12.3. The molecule has 2 unspecified atom stereocenters. The molecule has 0 N–H and O–H groups in total. The van der Waals surface area contributed by atoms with Gasteiger partial charge in [-0.25, -0.2) is 0 Å². The first-order chi connectivity index (χ1) is 14.0. The van der Waals surface area contributed by atoms with Crippen LogP contribution >= 0.6 is 0 Å². The first-order valence-corrected chi connectivity index (χ1v) is 11.5. The van der Waals surface area contributed by atoms with Gasteiger partial charge in [0, 0.05) is 39.0 Å². The Morgan fingerprint density at radius 2 is 1.07 bits per heavy atom. The molecule has 1 fully saturated rings. The van der Waals surface area contributed by atoms with Crippen LogP contribution < -0.4 is 0 Å². The molecule has 1 aliphatic heterocycles. The average Bonchev–Trinajstić information content (AvgIpc) is 3.15. The largest absolute Gasteiger partial charge is 0.352 e. The molecule has 0 bridgehead atoms. The van der Waals surface area contributed by atoms with Crippen molar-refractivity contribution in [1.29, 1.82) is 0 Å². The summed E-state index contributed by atoms with van der Waals surface area (Å²) in [7, 11) is 0. The number of carbonyl (C=O) groups is 2. The molecule has 0 aromatic rings. The predicted octanol–water partition coefficient (Wildman–Crippen LogP) is 3.56. The van der Waals surface area contributed by atoms with Crippen molar-refractivity contribution >= 4 is 11.8 Å². The van der Waals surface area contributed by atoms with Crippen LogP contribution in [0.15, 0.2) is 0 Å². The Kier molecular flexibility index (Phi) is 13.9. The lowest BCUT2D eigenvalue weighted by Crippen LogP contribution is -2.33. The van der Waals surface area contributed by atoms with Crippen LogP contribution in [0.3, 0.4) is 0 Å². The highest BCUT2D eigenvalue weighted by atomic mass is 16.8. The van der Waals surface area contributed by atoms with Gasteiger partial charge in [0.15, 0.2) is 12.6 Å². The summed E-state index contributed by atoms with van der Waals surface area (Å²) in [6.45, 7) is 12.3. The zero-order valence-electron chi connectivity index (χ0n) is 19.0. The van der Waals surface area contributed by atoms with Gasteiger partial charge in [0.25, 0.3) is 0 Å². The zero-order valence-corrected chi connectivity index (χ0v) is 19.0. The van der Waals surface area contributed by atoms with Crippen LogP contribution in [0.25, 0.3) is 0 Å². The molecular formula is C22H42N2O5. The molecule has 1 aliphatic rings. The number of rotatable bonds is 16. The number of amides is 2. The van der Waals surface area contributed by atoms with Crippen molar-refractivity contribution in [1.82, 2.24) is 9.80 Å². The van der Waals surface area contributed by atoms with Gasteiger partial charge in [-0.15, -0.1) is 0 Å². The quantitative estimate of drug-likeness (QED) is 0.386. The molecule has 0 radical (unpaired) electrons. The van der Waals surface area contributed by atoms with Crippen molar-refractivity contribution in [3.63, 3.8) is 0 Å². The van der Waals surface area contributed by atoms with Crippen molar-refractivity contribution in [3.8, 4) is 0 Å². The van der Waals surface area contributed by atoms with Crippen LogP contribution in [0.1, 0.15) is 79.1 Å². The van der Waals surface area contributed by atoms with E-state index in [9.17, 15) is 9.59 Å². The fourth-order valence-corrected chi connectivity index (χ4v) is 3.50. The van der Waals surface area contributed by atoms with Gasteiger partial charge in [0.1, 0.15) is 0 Å². The van der Waals surface area contributed by atoms with Crippen LogP contribution in [-0.4, -0.2) is 73.6 Å². The van der Waals surface area contributed by atoms with Crippen LogP contribution in [0.5, 0.6) is 0 Å². The predicted molar refractivity (Wildman–Crippen MR) is 113 cm³/mol. The van der Waals surface area contributed by atoms with E-state index in [2.05, 4.69) is 27.7 Å². The molecule has 1 rings (SSSR count). The van der Waals surface area contributed by atoms with Crippen LogP contribution in [0.4, 0.5) is 0 Å². The van der Waals surface area contributed by atoms with E-state index in [1.165, 1.54) is 0 Å². The Morgan fingerprint density at radius 1 is 0.724 bits per heavy atom. The second-order valence-corrected chi connectivity index (χ2v) is 7.58. The van der Waals surface area contributed by atoms with Crippen molar-refractivity contribution in [2.75, 3.05) is 39.4 Å². The van der Waals surface area contributed by atoms with Crippen molar-refractivity contribution in [2.45, 2.75) is 91.6 Å². The number of carbonyl (C=O) groups excluding carboxylic acids is 2. The van der Waals surface area contributed by atoms with Crippen LogP contribution in [-0.2, 0) is 23.8 Å². The van der Waals surface area contributed by atoms with Gasteiger partial charge in [0.2, 0.25) is 11.8 Å². The lowest BCUT2D eigenvalue weighted by Gasteiger charge is -2.22. The van der Waals surface area contributed by atoms with E-state index >= 15 is 0 Å². The Hall–Kier alpha value is -1.18. The summed E-state index contributed by atoms with van der Waals surface area (Å²) in [5.74, 6) is 0.281. The molecule has 0 aliphatic carbocycles. The molecule has 7 nitrogen and oxygen atoms in total. The second-order valence-electron chi connectivity index (χ2n) is 7.58. The number of nitrogens with zero attached hydrogens (tertiary/aromatic N) is 2. The molecule has 0 spiro atoms. The molecule has 0 saturated carbocycles. The van der Waals surface area contributed by atoms with E-state index < -0.39 is 0 Å². The third-order valence-electron chi connectivity index (χ3n) is 4.86. The molecule has 1 heterocycles. The lowest BCUT2D eigenvalue weighted by molar-refractivity contribution is -0.205. The number of hydrogen-bond donors (Lipinski definition) is 0. The summed E-state index contributed by atoms with van der Waals surface area (Å²) in [5, 5.41) is 0. The average molecular weight is 415 g/mol. The highest BCUT2D eigenvalue weighted by molar-refractivity contribution is 5.76. The van der Waals surface area contributed by atoms with Gasteiger partial charge >= 0.3 is 0 Å². The molecule has 2 atom stereocenters. The van der Waals surface area contributed by atoms with Gasteiger partial charge in [-0.1, -0.05) is 27.7 Å². The van der Waals surface area contributed by atoms with Gasteiger partial charge in [-0.05, 0) is 25.7 Å². The Labute approximate surface area is 177 Å². The Balaban J connectivity index is 2.20. The highest BCUT2D eigenvalue weighted by Gasteiger charge is 2.27. The van der Waals surface area contributed by atoms with Gasteiger partial charge in [-0.2, -0.15) is 0 Å². The third-order valence-corrected chi connectivity index (χ3v) is 4.86. The monoisotopic (exact) mass is 414 g/mol. The first kappa shape index (κ1) is 25.9. The van der Waals surface area contributed by atoms with Gasteiger partial charge in [-0.3, -0.25) is 9.59 Å². The van der Waals surface area contributed by atoms with Crippen molar-refractivity contribution in [3.05, 3.63) is 0 Å². The third kappa shape index (κ3) is 10.4. The molecule has 2 amide bonds. The van der Waals surface area contributed by atoms with E-state index in [0.717, 1.165) is 64.7 Å². The summed E-state index contributed by atoms with van der Waals surface area (Å²) in [4.78, 5) is 28.3. The Morgan fingerprint density at radius 3 is 1.38 bits per heavy atom. The van der Waals surface area contributed by atoms with Crippen molar-refractivity contribution in [2.24, 2.45) is 0 Å². The Bertz CT molecular complexity index is 408. The smallest absolute Gasteiger partial charge is 0.224 e. The minimum Gasteiger partial charge on any atom is -0.352 e. The SMILES string of the molecule is CCCN(CCC)C(=O)CCOC1CCC(OCCC(=O)N(CCC)CCC)O1. The minimum atomic E-state index is -0.328. The number of ether oxygens (including phenoxy) is 3. The molecule has 29 heavy (non-hydrogen) atoms. The first-order valence-electron chi connectivity index (χ1n) is 11.5. The fourth-order valence-electron chi connectivity index (χ4n) is 3.50. The molecule has 7 heteroatoms. The normalized spacial score (nSPS) is 18.8. The van der Waals surface area contributed by atoms with E-state index in [4.69, 9.17) is 14.2 Å². The van der Waals surface area contributed by atoms with Crippen LogP contribution in [0.2, 0.25) is 0 Å². The summed E-state index contributed by atoms with van der Waals surface area (Å²) in [5.41, 5.74) is 0. The highest BCUT2D eigenvalue weighted by Crippen LogP contribution is 2.22. The summed E-state index contributed by atoms with van der Waals surface area (Å²) in [6, 6.07) is 0. The van der Waals surface area contributed by atoms with E-state index in [1.54, 1.807) is 0 Å². The van der Waals surface area contributed by atoms with E-state index in [1.807, 2.05) is 9.80 Å². The lowest BCUT2D eigenvalue weighted by atomic mass is 10.3. The molecular weight excluding hydrogens is 372 g/mol. The molecule has 1 saturated heterocycles. The van der Waals surface area contributed by atoms with Gasteiger partial charge in [0.05, 0.1) is 26.1 Å². The topological polar surface area (TPSA) is 68.3 Å². The van der Waals surface area contributed by atoms with E-state index in [0.29, 0.717) is 26.1 Å². The minimum absolute atomic E-state index is 0.140. The maximum Gasteiger partial charge on any atom is 0.224 e. The molecule has 0 aromatic heterocycles. The van der Waals surface area contributed by atoms with Crippen molar-refractivity contribution < 1.29 is 23.8 Å². The summed E-state index contributed by atoms with van der Waals surface area (Å²) >= 11 is 0. The zero-order chi connectivity index (χ0) is 21.5. The molecule has 0 aromatic carbocycles. The summed E-state index contributed by atoms with van der Waals surface area (Å²) in [6.07, 6.45) is 5.47. The van der Waals surface area contributed by atoms with Crippen LogP contribution in [0, 0.1) is 0 Å². The standard InChI is InChI=1S/C22H42N2O5/c1-5-13-23(14-6-2)19(25)11-17-27-21-9-10-22(29-21)28-18-12-20(26)24(15-7-3)16-8-4/h21-22H,5-18H2,1-4H3. The fraction of sp³-hybridized carbons (Fsp3) is 0.909. The number of hydrogen-bond acceptors (Lipinski definition) is 5.